The Morgan fingerprint density at radius 3 is 2.02 bits per heavy atom. The molecule has 3 N–H and O–H groups in total. The Morgan fingerprint density at radius 1 is 0.875 bits per heavy atom. The van der Waals surface area contributed by atoms with Crippen molar-refractivity contribution in [2.45, 2.75) is 4.90 Å². The number of hydrogen-bond donors (Lipinski definition) is 3. The van der Waals surface area contributed by atoms with Crippen molar-refractivity contribution >= 4 is 50.3 Å². The van der Waals surface area contributed by atoms with Crippen LogP contribution < -0.4 is 10.6 Å². The lowest BCUT2D eigenvalue weighted by Crippen LogP contribution is -2.40. The Bertz CT molecular complexity index is 1570. The molecule has 3 aromatic carbocycles. The Balaban J connectivity index is 1.61. The molecule has 0 radical (unpaired) electrons. The first-order valence-electron chi connectivity index (χ1n) is 11.5. The summed E-state index contributed by atoms with van der Waals surface area (Å²) in [5, 5.41) is 37.7. The highest BCUT2D eigenvalue weighted by molar-refractivity contribution is 7.89. The molecule has 4 rings (SSSR count). The summed E-state index contributed by atoms with van der Waals surface area (Å²) in [6.45, 7) is 0.950. The topological polar surface area (TPSA) is 211 Å². The maximum atomic E-state index is 12.9. The van der Waals surface area contributed by atoms with Crippen LogP contribution in [0.4, 0.5) is 28.4 Å². The number of benzene rings is 3. The highest BCUT2D eigenvalue weighted by Crippen LogP contribution is 2.38. The van der Waals surface area contributed by atoms with Gasteiger partial charge in [0.05, 0.1) is 39.1 Å². The molecule has 40 heavy (non-hydrogen) atoms. The second-order valence-electron chi connectivity index (χ2n) is 8.41. The molecule has 208 valence electrons. The number of rotatable bonds is 9. The fourth-order valence-electron chi connectivity index (χ4n) is 3.88. The number of sulfonamides is 1. The Morgan fingerprint density at radius 2 is 1.48 bits per heavy atom. The molecular formula is C24H21N5O10S. The van der Waals surface area contributed by atoms with Crippen LogP contribution in [-0.4, -0.2) is 65.9 Å². The van der Waals surface area contributed by atoms with E-state index >= 15 is 0 Å². The monoisotopic (exact) mass is 571 g/mol. The number of nitro benzene ring substituents is 2. The summed E-state index contributed by atoms with van der Waals surface area (Å²) >= 11 is 0. The van der Waals surface area contributed by atoms with Gasteiger partial charge in [-0.15, -0.1) is 0 Å². The van der Waals surface area contributed by atoms with Gasteiger partial charge in [-0.25, -0.2) is 13.2 Å². The molecule has 0 bridgehead atoms. The molecule has 0 aromatic heterocycles. The van der Waals surface area contributed by atoms with E-state index in [1.165, 1.54) is 46.8 Å². The summed E-state index contributed by atoms with van der Waals surface area (Å²) in [5.74, 6) is -2.19. The number of nitrogens with zero attached hydrogens (tertiary/aromatic N) is 3. The van der Waals surface area contributed by atoms with Crippen LogP contribution in [0.2, 0.25) is 0 Å². The van der Waals surface area contributed by atoms with E-state index in [4.69, 9.17) is 9.84 Å². The molecule has 0 spiro atoms. The first kappa shape index (κ1) is 28.1. The standard InChI is InChI=1S/C24H21N5O10S/c30-23(26-17-4-6-19(7-5-17)40(37,38)27-8-10-39-11-9-27)16-13-20(28(33)34)22(21(14-16)29(35)36)25-18-3-1-2-15(12-18)24(31)32/h1-7,12-14,25H,8-11H2,(H,26,30)(H,31,32). The van der Waals surface area contributed by atoms with Crippen LogP contribution in [0.1, 0.15) is 20.7 Å². The van der Waals surface area contributed by atoms with Crippen LogP contribution in [0.3, 0.4) is 0 Å². The first-order chi connectivity index (χ1) is 19.0. The van der Waals surface area contributed by atoms with Crippen LogP contribution in [0.15, 0.2) is 65.6 Å². The lowest BCUT2D eigenvalue weighted by atomic mass is 10.1. The highest BCUT2D eigenvalue weighted by Gasteiger charge is 2.30. The van der Waals surface area contributed by atoms with Crippen molar-refractivity contribution in [2.75, 3.05) is 36.9 Å². The van der Waals surface area contributed by atoms with Gasteiger partial charge in [0.15, 0.2) is 5.69 Å². The Kier molecular flexibility index (Phi) is 8.03. The number of carbonyl (C=O) groups excluding carboxylic acids is 1. The zero-order valence-corrected chi connectivity index (χ0v) is 21.3. The number of amides is 1. The zero-order valence-electron chi connectivity index (χ0n) is 20.5. The van der Waals surface area contributed by atoms with Gasteiger partial charge in [-0.05, 0) is 42.5 Å². The van der Waals surface area contributed by atoms with Crippen LogP contribution >= 0.6 is 0 Å². The minimum atomic E-state index is -3.78. The summed E-state index contributed by atoms with van der Waals surface area (Å²) < 4.78 is 32.0. The molecule has 1 aliphatic rings. The number of carboxylic acids is 1. The van der Waals surface area contributed by atoms with Crippen molar-refractivity contribution in [3.63, 3.8) is 0 Å². The number of nitro groups is 2. The fraction of sp³-hybridized carbons (Fsp3) is 0.167. The van der Waals surface area contributed by atoms with Crippen molar-refractivity contribution < 1.29 is 37.7 Å². The number of carbonyl (C=O) groups is 2. The lowest BCUT2D eigenvalue weighted by molar-refractivity contribution is -0.392. The third kappa shape index (κ3) is 6.04. The van der Waals surface area contributed by atoms with E-state index in [1.54, 1.807) is 0 Å². The van der Waals surface area contributed by atoms with E-state index in [2.05, 4.69) is 10.6 Å². The van der Waals surface area contributed by atoms with Gasteiger partial charge in [-0.1, -0.05) is 6.07 Å². The van der Waals surface area contributed by atoms with E-state index in [0.717, 1.165) is 18.2 Å². The van der Waals surface area contributed by atoms with Gasteiger partial charge in [-0.2, -0.15) is 4.31 Å². The summed E-state index contributed by atoms with van der Waals surface area (Å²) in [7, 11) is -3.78. The van der Waals surface area contributed by atoms with Gasteiger partial charge in [0.2, 0.25) is 10.0 Å². The molecule has 1 aliphatic heterocycles. The minimum absolute atomic E-state index is 0.0129. The minimum Gasteiger partial charge on any atom is -0.478 e. The van der Waals surface area contributed by atoms with Crippen molar-refractivity contribution in [1.29, 1.82) is 0 Å². The lowest BCUT2D eigenvalue weighted by Gasteiger charge is -2.26. The summed E-state index contributed by atoms with van der Waals surface area (Å²) in [6.07, 6.45) is 0. The van der Waals surface area contributed by atoms with E-state index in [9.17, 15) is 38.2 Å². The molecule has 0 aliphatic carbocycles. The number of aromatic carboxylic acids is 1. The SMILES string of the molecule is O=C(O)c1cccc(Nc2c([N+](=O)[O-])cc(C(=O)Nc3ccc(S(=O)(=O)N4CCOCC4)cc3)cc2[N+](=O)[O-])c1. The van der Waals surface area contributed by atoms with E-state index < -0.39 is 54.4 Å². The average molecular weight is 572 g/mol. The second kappa shape index (κ2) is 11.4. The van der Waals surface area contributed by atoms with Gasteiger partial charge in [-0.3, -0.25) is 25.0 Å². The van der Waals surface area contributed by atoms with Gasteiger partial charge >= 0.3 is 17.3 Å². The molecule has 3 aromatic rings. The molecule has 0 unspecified atom stereocenters. The number of hydrogen-bond acceptors (Lipinski definition) is 10. The number of nitrogens with one attached hydrogen (secondary N) is 2. The zero-order chi connectivity index (χ0) is 29.0. The van der Waals surface area contributed by atoms with Crippen molar-refractivity contribution in [2.24, 2.45) is 0 Å². The molecule has 16 heteroatoms. The molecule has 0 atom stereocenters. The smallest absolute Gasteiger partial charge is 0.335 e. The van der Waals surface area contributed by atoms with Crippen LogP contribution in [-0.2, 0) is 14.8 Å². The van der Waals surface area contributed by atoms with Gasteiger partial charge in [0.25, 0.3) is 5.91 Å². The molecule has 0 saturated carbocycles. The average Bonchev–Trinajstić information content (AvgIpc) is 2.93. The third-order valence-corrected chi connectivity index (χ3v) is 7.76. The maximum absolute atomic E-state index is 12.9. The first-order valence-corrected chi connectivity index (χ1v) is 13.0. The molecule has 1 heterocycles. The maximum Gasteiger partial charge on any atom is 0.335 e. The molecule has 1 amide bonds. The summed E-state index contributed by atoms with van der Waals surface area (Å²) in [4.78, 5) is 45.9. The largest absolute Gasteiger partial charge is 0.478 e. The molecule has 1 fully saturated rings. The highest BCUT2D eigenvalue weighted by atomic mass is 32.2. The van der Waals surface area contributed by atoms with Crippen LogP contribution in [0.25, 0.3) is 0 Å². The molecule has 15 nitrogen and oxygen atoms in total. The van der Waals surface area contributed by atoms with Crippen molar-refractivity contribution in [3.05, 3.63) is 92.0 Å². The predicted octanol–water partition coefficient (Wildman–Crippen LogP) is 3.22. The van der Waals surface area contributed by atoms with Crippen LogP contribution in [0.5, 0.6) is 0 Å². The van der Waals surface area contributed by atoms with E-state index in [1.807, 2.05) is 0 Å². The number of anilines is 3. The number of ether oxygens (including phenoxy) is 1. The van der Waals surface area contributed by atoms with Crippen molar-refractivity contribution in [1.82, 2.24) is 4.31 Å². The second-order valence-corrected chi connectivity index (χ2v) is 10.3. The van der Waals surface area contributed by atoms with E-state index in [-0.39, 0.29) is 48.1 Å². The normalized spacial score (nSPS) is 13.8. The Labute approximate surface area is 226 Å². The van der Waals surface area contributed by atoms with Gasteiger partial charge < -0.3 is 20.5 Å². The summed E-state index contributed by atoms with van der Waals surface area (Å²) in [5.41, 5.74) is -2.53. The molecule has 1 saturated heterocycles. The third-order valence-electron chi connectivity index (χ3n) is 5.85. The molecular weight excluding hydrogens is 550 g/mol. The van der Waals surface area contributed by atoms with Gasteiger partial charge in [0, 0.05) is 36.6 Å². The number of carboxylic acid groups (broad SMARTS) is 1. The summed E-state index contributed by atoms with van der Waals surface area (Å²) in [6, 6.07) is 12.0. The predicted molar refractivity (Wildman–Crippen MR) is 140 cm³/mol. The Hall–Kier alpha value is -4.93. The van der Waals surface area contributed by atoms with Crippen molar-refractivity contribution in [3.8, 4) is 0 Å². The van der Waals surface area contributed by atoms with E-state index in [0.29, 0.717) is 0 Å². The fourth-order valence-corrected chi connectivity index (χ4v) is 5.29. The van der Waals surface area contributed by atoms with Crippen LogP contribution in [0, 0.1) is 20.2 Å². The quantitative estimate of drug-likeness (QED) is 0.250. The van der Waals surface area contributed by atoms with Gasteiger partial charge in [0.1, 0.15) is 0 Å². The number of morpholine rings is 1.